The van der Waals surface area contributed by atoms with E-state index in [9.17, 15) is 5.11 Å². The van der Waals surface area contributed by atoms with E-state index in [2.05, 4.69) is 16.8 Å². The number of likely N-dealkylation sites (tertiary alicyclic amines) is 1. The molecular formula is C12H20N2OS. The molecule has 1 aromatic heterocycles. The normalized spacial score (nSPS) is 17.1. The van der Waals surface area contributed by atoms with Crippen molar-refractivity contribution in [3.05, 3.63) is 15.6 Å². The lowest BCUT2D eigenvalue weighted by Crippen LogP contribution is -2.18. The Labute approximate surface area is 101 Å². The molecule has 1 fully saturated rings. The molecule has 90 valence electrons. The highest BCUT2D eigenvalue weighted by Gasteiger charge is 2.15. The Morgan fingerprint density at radius 3 is 2.75 bits per heavy atom. The van der Waals surface area contributed by atoms with Crippen LogP contribution in [0.3, 0.4) is 0 Å². The van der Waals surface area contributed by atoms with E-state index in [1.54, 1.807) is 11.3 Å². The standard InChI is InChI=1S/C12H20N2OS/c1-2-5-10-11(9-15)16-12(13-10)8-14-6-3-4-7-14/h15H,2-9H2,1H3. The lowest BCUT2D eigenvalue weighted by Gasteiger charge is -2.11. The van der Waals surface area contributed by atoms with Gasteiger partial charge in [-0.3, -0.25) is 4.90 Å². The van der Waals surface area contributed by atoms with Crippen LogP contribution in [0.25, 0.3) is 0 Å². The molecule has 0 bridgehead atoms. The van der Waals surface area contributed by atoms with E-state index in [4.69, 9.17) is 0 Å². The Hall–Kier alpha value is -0.450. The summed E-state index contributed by atoms with van der Waals surface area (Å²) >= 11 is 1.68. The van der Waals surface area contributed by atoms with E-state index < -0.39 is 0 Å². The van der Waals surface area contributed by atoms with Crippen LogP contribution in [0.15, 0.2) is 0 Å². The SMILES string of the molecule is CCCc1nc(CN2CCCC2)sc1CO. The zero-order valence-corrected chi connectivity index (χ0v) is 10.7. The summed E-state index contributed by atoms with van der Waals surface area (Å²) in [5.41, 5.74) is 1.11. The number of rotatable bonds is 5. The van der Waals surface area contributed by atoms with Crippen LogP contribution in [0.2, 0.25) is 0 Å². The van der Waals surface area contributed by atoms with Crippen LogP contribution < -0.4 is 0 Å². The van der Waals surface area contributed by atoms with Gasteiger partial charge in [0.25, 0.3) is 0 Å². The first-order valence-electron chi connectivity index (χ1n) is 6.14. The molecule has 0 saturated carbocycles. The van der Waals surface area contributed by atoms with Crippen LogP contribution in [0.5, 0.6) is 0 Å². The van der Waals surface area contributed by atoms with Gasteiger partial charge in [0.2, 0.25) is 0 Å². The van der Waals surface area contributed by atoms with Crippen molar-refractivity contribution in [1.29, 1.82) is 0 Å². The first kappa shape index (κ1) is 12.0. The third-order valence-corrected chi connectivity index (χ3v) is 4.08. The second kappa shape index (κ2) is 5.75. The zero-order chi connectivity index (χ0) is 11.4. The van der Waals surface area contributed by atoms with E-state index in [0.29, 0.717) is 0 Å². The van der Waals surface area contributed by atoms with Crippen molar-refractivity contribution in [2.24, 2.45) is 0 Å². The van der Waals surface area contributed by atoms with E-state index >= 15 is 0 Å². The lowest BCUT2D eigenvalue weighted by molar-refractivity contribution is 0.284. The Balaban J connectivity index is 2.02. The van der Waals surface area contributed by atoms with Gasteiger partial charge in [-0.15, -0.1) is 11.3 Å². The molecule has 1 N–H and O–H groups in total. The lowest BCUT2D eigenvalue weighted by atomic mass is 10.2. The minimum atomic E-state index is 0.146. The summed E-state index contributed by atoms with van der Waals surface area (Å²) in [4.78, 5) is 8.17. The number of thiazole rings is 1. The van der Waals surface area contributed by atoms with Gasteiger partial charge in [0.1, 0.15) is 5.01 Å². The highest BCUT2D eigenvalue weighted by atomic mass is 32.1. The molecule has 0 aliphatic carbocycles. The van der Waals surface area contributed by atoms with Gasteiger partial charge in [-0.25, -0.2) is 4.98 Å². The van der Waals surface area contributed by atoms with Crippen LogP contribution in [-0.4, -0.2) is 28.1 Å². The molecule has 0 aromatic carbocycles. The van der Waals surface area contributed by atoms with Crippen molar-refractivity contribution >= 4 is 11.3 Å². The number of nitrogens with zero attached hydrogens (tertiary/aromatic N) is 2. The van der Waals surface area contributed by atoms with Gasteiger partial charge in [-0.1, -0.05) is 13.3 Å². The fraction of sp³-hybridized carbons (Fsp3) is 0.750. The minimum absolute atomic E-state index is 0.146. The van der Waals surface area contributed by atoms with E-state index in [1.165, 1.54) is 30.9 Å². The summed E-state index contributed by atoms with van der Waals surface area (Å²) in [5, 5.41) is 10.5. The van der Waals surface area contributed by atoms with Crippen molar-refractivity contribution in [3.63, 3.8) is 0 Å². The quantitative estimate of drug-likeness (QED) is 0.857. The van der Waals surface area contributed by atoms with E-state index in [-0.39, 0.29) is 6.61 Å². The Bertz CT molecular complexity index is 332. The van der Waals surface area contributed by atoms with Crippen LogP contribution in [-0.2, 0) is 19.6 Å². The third-order valence-electron chi connectivity index (χ3n) is 3.01. The molecule has 2 heterocycles. The van der Waals surface area contributed by atoms with Crippen molar-refractivity contribution in [1.82, 2.24) is 9.88 Å². The Kier molecular flexibility index (Phi) is 4.32. The number of aromatic nitrogens is 1. The number of hydrogen-bond donors (Lipinski definition) is 1. The van der Waals surface area contributed by atoms with Gasteiger partial charge in [-0.05, 0) is 32.4 Å². The monoisotopic (exact) mass is 240 g/mol. The molecule has 0 unspecified atom stereocenters. The van der Waals surface area contributed by atoms with E-state index in [0.717, 1.165) is 30.0 Å². The maximum atomic E-state index is 9.28. The number of hydrogen-bond acceptors (Lipinski definition) is 4. The van der Waals surface area contributed by atoms with Crippen LogP contribution >= 0.6 is 11.3 Å². The second-order valence-corrected chi connectivity index (χ2v) is 5.54. The molecule has 4 heteroatoms. The van der Waals surface area contributed by atoms with Crippen molar-refractivity contribution in [2.45, 2.75) is 45.8 Å². The maximum Gasteiger partial charge on any atom is 0.107 e. The molecule has 3 nitrogen and oxygen atoms in total. The molecule has 1 aliphatic rings. The first-order chi connectivity index (χ1) is 7.83. The molecule has 2 rings (SSSR count). The molecule has 0 atom stereocenters. The first-order valence-corrected chi connectivity index (χ1v) is 6.95. The molecule has 1 aromatic rings. The predicted octanol–water partition coefficient (Wildman–Crippen LogP) is 2.18. The number of aliphatic hydroxyl groups excluding tert-OH is 1. The predicted molar refractivity (Wildman–Crippen MR) is 66.5 cm³/mol. The molecule has 0 spiro atoms. The highest BCUT2D eigenvalue weighted by molar-refractivity contribution is 7.11. The van der Waals surface area contributed by atoms with Gasteiger partial charge in [-0.2, -0.15) is 0 Å². The van der Waals surface area contributed by atoms with Gasteiger partial charge in [0, 0.05) is 0 Å². The zero-order valence-electron chi connectivity index (χ0n) is 9.91. The Morgan fingerprint density at radius 2 is 2.12 bits per heavy atom. The molecule has 1 saturated heterocycles. The molecule has 16 heavy (non-hydrogen) atoms. The highest BCUT2D eigenvalue weighted by Crippen LogP contribution is 2.22. The fourth-order valence-electron chi connectivity index (χ4n) is 2.19. The summed E-state index contributed by atoms with van der Waals surface area (Å²) in [5.74, 6) is 0. The number of aryl methyl sites for hydroxylation is 1. The summed E-state index contributed by atoms with van der Waals surface area (Å²) in [6.45, 7) is 5.68. The van der Waals surface area contributed by atoms with Crippen molar-refractivity contribution in [3.8, 4) is 0 Å². The van der Waals surface area contributed by atoms with Gasteiger partial charge in [0.15, 0.2) is 0 Å². The molecule has 0 radical (unpaired) electrons. The van der Waals surface area contributed by atoms with Crippen LogP contribution in [0.1, 0.15) is 41.8 Å². The molecule has 1 aliphatic heterocycles. The second-order valence-electron chi connectivity index (χ2n) is 4.37. The topological polar surface area (TPSA) is 36.4 Å². The largest absolute Gasteiger partial charge is 0.391 e. The maximum absolute atomic E-state index is 9.28. The van der Waals surface area contributed by atoms with Gasteiger partial charge >= 0.3 is 0 Å². The summed E-state index contributed by atoms with van der Waals surface area (Å²) in [6, 6.07) is 0. The van der Waals surface area contributed by atoms with E-state index in [1.807, 2.05) is 0 Å². The summed E-state index contributed by atoms with van der Waals surface area (Å²) < 4.78 is 0. The average Bonchev–Trinajstić information content (AvgIpc) is 2.89. The molecular weight excluding hydrogens is 220 g/mol. The summed E-state index contributed by atoms with van der Waals surface area (Å²) in [6.07, 6.45) is 4.73. The average molecular weight is 240 g/mol. The summed E-state index contributed by atoms with van der Waals surface area (Å²) in [7, 11) is 0. The van der Waals surface area contributed by atoms with Crippen molar-refractivity contribution in [2.75, 3.05) is 13.1 Å². The third kappa shape index (κ3) is 2.81. The number of aliphatic hydroxyl groups is 1. The van der Waals surface area contributed by atoms with Gasteiger partial charge in [0.05, 0.1) is 23.7 Å². The minimum Gasteiger partial charge on any atom is -0.391 e. The van der Waals surface area contributed by atoms with Gasteiger partial charge < -0.3 is 5.11 Å². The van der Waals surface area contributed by atoms with Crippen molar-refractivity contribution < 1.29 is 5.11 Å². The molecule has 0 amide bonds. The fourth-order valence-corrected chi connectivity index (χ4v) is 3.21. The Morgan fingerprint density at radius 1 is 1.38 bits per heavy atom. The smallest absolute Gasteiger partial charge is 0.107 e. The van der Waals surface area contributed by atoms with Crippen LogP contribution in [0.4, 0.5) is 0 Å². The van der Waals surface area contributed by atoms with Crippen LogP contribution in [0, 0.1) is 0 Å².